The molecule has 0 spiro atoms. The molecule has 0 bridgehead atoms. The molecule has 0 saturated heterocycles. The van der Waals surface area contributed by atoms with E-state index < -0.39 is 16.1 Å². The number of hydrogen-bond acceptors (Lipinski definition) is 0. The summed E-state index contributed by atoms with van der Waals surface area (Å²) in [5, 5.41) is 16.4. The van der Waals surface area contributed by atoms with Gasteiger partial charge in [0.05, 0.1) is 0 Å². The molecule has 0 saturated carbocycles. The van der Waals surface area contributed by atoms with Gasteiger partial charge in [0, 0.05) is 5.41 Å². The summed E-state index contributed by atoms with van der Waals surface area (Å²) in [6.07, 6.45) is 0. The van der Waals surface area contributed by atoms with Gasteiger partial charge in [0.2, 0.25) is 0 Å². The first-order chi connectivity index (χ1) is 59.3. The van der Waals surface area contributed by atoms with Crippen molar-refractivity contribution >= 4 is 80.0 Å². The lowest BCUT2D eigenvalue weighted by Gasteiger charge is -2.23. The summed E-state index contributed by atoms with van der Waals surface area (Å²) in [7, 11) is -3.99. The van der Waals surface area contributed by atoms with Crippen LogP contribution in [-0.2, 0) is 5.41 Å². The first-order valence-electron chi connectivity index (χ1n) is 42.7. The third-order valence-corrected chi connectivity index (χ3v) is 34.1. The highest BCUT2D eigenvalue weighted by Crippen LogP contribution is 2.53. The van der Waals surface area contributed by atoms with Gasteiger partial charge in [-0.25, -0.2) is 0 Å². The van der Waals surface area contributed by atoms with Crippen molar-refractivity contribution in [1.29, 1.82) is 0 Å². The highest BCUT2D eigenvalue weighted by molar-refractivity contribution is 7.04. The minimum absolute atomic E-state index is 0.0750. The molecule has 3 aliphatic rings. The van der Waals surface area contributed by atoms with Crippen molar-refractivity contribution < 1.29 is 0 Å². The fourth-order valence-electron chi connectivity index (χ4n) is 20.8. The van der Waals surface area contributed by atoms with Gasteiger partial charge in [-0.1, -0.05) is 434 Å². The van der Waals surface area contributed by atoms with Crippen molar-refractivity contribution in [1.82, 2.24) is 0 Å². The first-order valence-corrected chi connectivity index (χ1v) is 48.7. The zero-order valence-corrected chi connectivity index (χ0v) is 70.9. The Balaban J connectivity index is 0.000000145. The van der Waals surface area contributed by atoms with Crippen molar-refractivity contribution in [2.24, 2.45) is 0 Å². The third kappa shape index (κ3) is 12.3. The van der Waals surface area contributed by atoms with Gasteiger partial charge < -0.3 is 0 Å². The van der Waals surface area contributed by atoms with E-state index >= 15 is 0 Å². The molecule has 0 nitrogen and oxygen atoms in total. The van der Waals surface area contributed by atoms with E-state index in [1.165, 1.54) is 231 Å². The van der Waals surface area contributed by atoms with Crippen LogP contribution in [0, 0.1) is 0 Å². The summed E-state index contributed by atoms with van der Waals surface area (Å²) < 4.78 is 0. The average molecular weight is 1570 g/mol. The summed E-state index contributed by atoms with van der Waals surface area (Å²) in [5.74, 6) is 0. The van der Waals surface area contributed by atoms with E-state index in [0.29, 0.717) is 0 Å². The summed E-state index contributed by atoms with van der Waals surface area (Å²) in [4.78, 5) is 0. The maximum Gasteiger partial charge on any atom is 0.113 e. The van der Waals surface area contributed by atoms with Crippen LogP contribution in [-0.4, -0.2) is 16.1 Å². The SMILES string of the molecule is CC1(C)c2ccccc2-c2ccc(-c3ccc4c(-c5ccc(-c6ccccc6)cc5)c5cc6c(cc5c(-c5ccc(-c7ccccc7)cc5)c4c3)[Si](C)(C)c3ccccc3-6)cc21.C[Si]1(C)c2ccccc2-c2cc3c(-c4ccc(-c5ccccc5)cc4)c4ccc(-c5ccccc5-c5ccccc5)cc4c(-c4ccc(-c5ccccc5)cc4)c3cc21. The second-order valence-corrected chi connectivity index (χ2v) is 43.5. The fourth-order valence-corrected chi connectivity index (χ4v) is 26.9. The lowest BCUT2D eigenvalue weighted by atomic mass is 9.81. The van der Waals surface area contributed by atoms with Crippen LogP contribution in [0.15, 0.2) is 425 Å². The number of fused-ring (bicyclic) bond motifs is 13. The van der Waals surface area contributed by atoms with Crippen molar-refractivity contribution in [2.75, 3.05) is 0 Å². The zero-order chi connectivity index (χ0) is 81.2. The normalized spacial score (nSPS) is 13.4. The average Bonchev–Trinajstić information content (AvgIpc) is 1.63. The fraction of sp³-hybridized carbons (Fsp3) is 0.0588. The van der Waals surface area contributed by atoms with Gasteiger partial charge in [-0.05, 0) is 261 Å². The molecule has 0 amide bonds. The van der Waals surface area contributed by atoms with Crippen LogP contribution < -0.4 is 20.7 Å². The summed E-state index contributed by atoms with van der Waals surface area (Å²) in [5.41, 5.74) is 38.3. The Morgan fingerprint density at radius 1 is 0.149 bits per heavy atom. The van der Waals surface area contributed by atoms with Gasteiger partial charge >= 0.3 is 0 Å². The Kier molecular flexibility index (Phi) is 17.6. The highest BCUT2D eigenvalue weighted by atomic mass is 28.3. The Labute approximate surface area is 711 Å². The summed E-state index contributed by atoms with van der Waals surface area (Å²) in [6, 6.07) is 159. The minimum Gasteiger partial charge on any atom is -0.0623 e. The topological polar surface area (TPSA) is 0 Å². The van der Waals surface area contributed by atoms with E-state index in [2.05, 4.69) is 465 Å². The molecule has 20 aromatic carbocycles. The van der Waals surface area contributed by atoms with Gasteiger partial charge in [0.25, 0.3) is 0 Å². The Morgan fingerprint density at radius 2 is 0.405 bits per heavy atom. The molecule has 0 N–H and O–H groups in total. The molecule has 121 heavy (non-hydrogen) atoms. The molecule has 2 aliphatic heterocycles. The van der Waals surface area contributed by atoms with Crippen LogP contribution in [0.1, 0.15) is 25.0 Å². The van der Waals surface area contributed by atoms with Crippen LogP contribution in [0.2, 0.25) is 26.2 Å². The molecule has 572 valence electrons. The molecular formula is C119H88Si2. The lowest BCUT2D eigenvalue weighted by molar-refractivity contribution is 0.660. The van der Waals surface area contributed by atoms with Crippen molar-refractivity contribution in [3.63, 3.8) is 0 Å². The molecule has 0 unspecified atom stereocenters. The standard InChI is InChI=1S/C61H46Si.C58H42Si/c1-61(2)55-21-13-11-19-47(55)48-33-31-46(36-56(48)61)45-32-34-50-52(35-45)60(44-29-25-42(26-30-44)40-17-9-6-10-18-40)54-38-58-51(49-20-12-14-22-57(49)62(58,3)4)37-53(54)59(50)43-27-23-41(24-28-43)39-15-7-5-8-16-39;1-59(2)55-25-15-14-24-49(55)51-37-53-54(38-56(51)59)58(45-32-28-42(29-33-45)40-18-8-4-9-19-40)52-36-46(48-23-13-12-22-47(48)43-20-10-5-11-21-43)34-35-50(52)57(53)44-30-26-41(27-31-44)39-16-6-3-7-17-39/h5-38H,1-4H3;3-38H,1-2H3. The molecule has 0 radical (unpaired) electrons. The van der Waals surface area contributed by atoms with Crippen LogP contribution in [0.4, 0.5) is 0 Å². The molecule has 20 aromatic rings. The van der Waals surface area contributed by atoms with E-state index in [4.69, 9.17) is 0 Å². The van der Waals surface area contributed by atoms with Crippen molar-refractivity contribution in [2.45, 2.75) is 45.5 Å². The predicted molar refractivity (Wildman–Crippen MR) is 525 cm³/mol. The van der Waals surface area contributed by atoms with Gasteiger partial charge in [-0.3, -0.25) is 0 Å². The second kappa shape index (κ2) is 29.1. The smallest absolute Gasteiger partial charge is 0.0623 e. The van der Waals surface area contributed by atoms with Gasteiger partial charge in [-0.15, -0.1) is 0 Å². The Morgan fingerprint density at radius 3 is 0.810 bits per heavy atom. The van der Waals surface area contributed by atoms with Crippen LogP contribution in [0.5, 0.6) is 0 Å². The molecule has 23 rings (SSSR count). The van der Waals surface area contributed by atoms with Crippen LogP contribution in [0.25, 0.3) is 199 Å². The maximum absolute atomic E-state index is 2.61. The second-order valence-electron chi connectivity index (χ2n) is 34.9. The Bertz CT molecular complexity index is 7490. The van der Waals surface area contributed by atoms with Crippen molar-refractivity contribution in [3.8, 4) is 156 Å². The molecule has 0 atom stereocenters. The van der Waals surface area contributed by atoms with Gasteiger partial charge in [-0.2, -0.15) is 0 Å². The van der Waals surface area contributed by atoms with E-state index in [9.17, 15) is 0 Å². The van der Waals surface area contributed by atoms with E-state index in [1.54, 1.807) is 0 Å². The zero-order valence-electron chi connectivity index (χ0n) is 68.9. The number of benzene rings is 20. The monoisotopic (exact) mass is 1570 g/mol. The molecule has 2 heteroatoms. The predicted octanol–water partition coefficient (Wildman–Crippen LogP) is 30.2. The van der Waals surface area contributed by atoms with E-state index in [-0.39, 0.29) is 5.41 Å². The van der Waals surface area contributed by atoms with E-state index in [0.717, 1.165) is 0 Å². The lowest BCUT2D eigenvalue weighted by Crippen LogP contribution is -2.49. The minimum atomic E-state index is -2.00. The van der Waals surface area contributed by atoms with Crippen LogP contribution >= 0.6 is 0 Å². The maximum atomic E-state index is 2.61. The highest BCUT2D eigenvalue weighted by Gasteiger charge is 2.41. The molecule has 0 fully saturated rings. The molecule has 1 aliphatic carbocycles. The van der Waals surface area contributed by atoms with E-state index in [1.807, 2.05) is 0 Å². The summed E-state index contributed by atoms with van der Waals surface area (Å²) in [6.45, 7) is 14.9. The molecule has 0 aromatic heterocycles. The summed E-state index contributed by atoms with van der Waals surface area (Å²) >= 11 is 0. The molecule has 2 heterocycles. The van der Waals surface area contributed by atoms with Crippen molar-refractivity contribution in [3.05, 3.63) is 436 Å². The van der Waals surface area contributed by atoms with Gasteiger partial charge in [0.15, 0.2) is 0 Å². The number of hydrogen-bond donors (Lipinski definition) is 0. The Hall–Kier alpha value is -14.1. The quantitative estimate of drug-likeness (QED) is 0.0894. The first kappa shape index (κ1) is 73.3. The number of rotatable bonds is 11. The third-order valence-electron chi connectivity index (χ3n) is 27.0. The molecular weight excluding hydrogens is 1490 g/mol. The van der Waals surface area contributed by atoms with Gasteiger partial charge in [0.1, 0.15) is 16.1 Å². The van der Waals surface area contributed by atoms with Crippen LogP contribution in [0.3, 0.4) is 0 Å². The largest absolute Gasteiger partial charge is 0.113 e.